The summed E-state index contributed by atoms with van der Waals surface area (Å²) in [7, 11) is 1.77. The number of rotatable bonds is 6. The first-order valence-electron chi connectivity index (χ1n) is 9.69. The van der Waals surface area contributed by atoms with E-state index in [0.29, 0.717) is 11.6 Å². The van der Waals surface area contributed by atoms with Crippen molar-refractivity contribution in [2.75, 3.05) is 38.3 Å². The van der Waals surface area contributed by atoms with Crippen LogP contribution in [0, 0.1) is 11.3 Å². The molecule has 2 heterocycles. The molecule has 6 nitrogen and oxygen atoms in total. The number of hydrogen-bond donors (Lipinski definition) is 1. The number of morpholine rings is 1. The van der Waals surface area contributed by atoms with Gasteiger partial charge in [-0.3, -0.25) is 9.78 Å². The van der Waals surface area contributed by atoms with Gasteiger partial charge in [0.15, 0.2) is 0 Å². The molecule has 3 atom stereocenters. The Morgan fingerprint density at radius 3 is 2.69 bits per heavy atom. The van der Waals surface area contributed by atoms with E-state index in [-0.39, 0.29) is 23.5 Å². The second-order valence-electron chi connectivity index (χ2n) is 7.41. The van der Waals surface area contributed by atoms with Gasteiger partial charge >= 0.3 is 0 Å². The highest BCUT2D eigenvalue weighted by Crippen LogP contribution is 2.52. The van der Waals surface area contributed by atoms with Crippen molar-refractivity contribution in [2.45, 2.75) is 45.8 Å². The van der Waals surface area contributed by atoms with E-state index in [1.165, 1.54) is 0 Å². The maximum atomic E-state index is 12.9. The Morgan fingerprint density at radius 1 is 1.38 bits per heavy atom. The van der Waals surface area contributed by atoms with Crippen molar-refractivity contribution >= 4 is 11.6 Å². The first kappa shape index (κ1) is 19.1. The molecule has 2 fully saturated rings. The fourth-order valence-corrected chi connectivity index (χ4v) is 4.87. The van der Waals surface area contributed by atoms with Crippen LogP contribution >= 0.6 is 0 Å². The average Bonchev–Trinajstić information content (AvgIpc) is 2.70. The lowest BCUT2D eigenvalue weighted by atomic mass is 9.53. The topological polar surface area (TPSA) is 63.7 Å². The summed E-state index contributed by atoms with van der Waals surface area (Å²) < 4.78 is 11.1. The summed E-state index contributed by atoms with van der Waals surface area (Å²) in [6.45, 7) is 9.63. The molecule has 1 aliphatic heterocycles. The fourth-order valence-electron chi connectivity index (χ4n) is 4.87. The molecule has 1 N–H and O–H groups in total. The van der Waals surface area contributed by atoms with E-state index >= 15 is 0 Å². The van der Waals surface area contributed by atoms with Crippen LogP contribution in [-0.4, -0.2) is 56.5 Å². The second kappa shape index (κ2) is 7.92. The van der Waals surface area contributed by atoms with E-state index in [9.17, 15) is 4.79 Å². The Bertz CT molecular complexity index is 626. The number of nitrogens with one attached hydrogen (secondary N) is 1. The molecular weight excluding hydrogens is 330 g/mol. The van der Waals surface area contributed by atoms with E-state index in [0.717, 1.165) is 44.8 Å². The van der Waals surface area contributed by atoms with Crippen LogP contribution in [0.2, 0.25) is 0 Å². The predicted octanol–water partition coefficient (Wildman–Crippen LogP) is 2.49. The third-order valence-corrected chi connectivity index (χ3v) is 6.40. The third kappa shape index (κ3) is 3.21. The van der Waals surface area contributed by atoms with Crippen molar-refractivity contribution in [3.8, 4) is 0 Å². The molecule has 1 saturated heterocycles. The van der Waals surface area contributed by atoms with Gasteiger partial charge in [-0.05, 0) is 25.0 Å². The van der Waals surface area contributed by atoms with E-state index in [1.807, 2.05) is 12.1 Å². The molecule has 6 heteroatoms. The molecule has 1 aromatic rings. The van der Waals surface area contributed by atoms with Crippen molar-refractivity contribution in [2.24, 2.45) is 11.3 Å². The Labute approximate surface area is 156 Å². The van der Waals surface area contributed by atoms with Gasteiger partial charge < -0.3 is 19.7 Å². The highest BCUT2D eigenvalue weighted by Gasteiger charge is 2.58. The number of ether oxygens (including phenoxy) is 2. The van der Waals surface area contributed by atoms with E-state index in [2.05, 4.69) is 36.0 Å². The van der Waals surface area contributed by atoms with Crippen LogP contribution in [0.3, 0.4) is 0 Å². The zero-order valence-corrected chi connectivity index (χ0v) is 16.3. The first-order chi connectivity index (χ1) is 12.6. The summed E-state index contributed by atoms with van der Waals surface area (Å²) in [5.41, 5.74) is 1.51. The quantitative estimate of drug-likeness (QED) is 0.843. The lowest BCUT2D eigenvalue weighted by Crippen LogP contribution is -2.70. The van der Waals surface area contributed by atoms with Gasteiger partial charge in [0.25, 0.3) is 5.91 Å². The molecule has 26 heavy (non-hydrogen) atoms. The fraction of sp³-hybridized carbons (Fsp3) is 0.700. The number of anilines is 1. The van der Waals surface area contributed by atoms with Gasteiger partial charge in [0.2, 0.25) is 0 Å². The number of carbonyl (C=O) groups is 1. The molecule has 3 rings (SSSR count). The van der Waals surface area contributed by atoms with Crippen LogP contribution in [0.25, 0.3) is 0 Å². The molecule has 1 saturated carbocycles. The van der Waals surface area contributed by atoms with Gasteiger partial charge in [-0.1, -0.05) is 20.8 Å². The summed E-state index contributed by atoms with van der Waals surface area (Å²) >= 11 is 0. The standard InChI is InChI=1S/C20H31N3O3/c1-5-20(6-2)17(14(3)18(20)25-4)22-19(24)16-13-15(7-8-21-16)23-9-11-26-12-10-23/h7-8,13-14,17-18H,5-6,9-12H2,1-4H3,(H,22,24). The van der Waals surface area contributed by atoms with Crippen LogP contribution in [0.1, 0.15) is 44.1 Å². The van der Waals surface area contributed by atoms with Crippen LogP contribution in [0.15, 0.2) is 18.3 Å². The molecule has 0 radical (unpaired) electrons. The number of hydrogen-bond acceptors (Lipinski definition) is 5. The van der Waals surface area contributed by atoms with Crippen LogP contribution in [0.5, 0.6) is 0 Å². The summed E-state index contributed by atoms with van der Waals surface area (Å²) in [4.78, 5) is 19.4. The van der Waals surface area contributed by atoms with Gasteiger partial charge in [0.05, 0.1) is 19.3 Å². The van der Waals surface area contributed by atoms with Gasteiger partial charge in [0.1, 0.15) is 5.69 Å². The predicted molar refractivity (Wildman–Crippen MR) is 101 cm³/mol. The highest BCUT2D eigenvalue weighted by atomic mass is 16.5. The number of carbonyl (C=O) groups excluding carboxylic acids is 1. The number of nitrogens with zero attached hydrogens (tertiary/aromatic N) is 2. The molecular formula is C20H31N3O3. The van der Waals surface area contributed by atoms with Gasteiger partial charge in [0, 0.05) is 49.5 Å². The first-order valence-corrected chi connectivity index (χ1v) is 9.69. The van der Waals surface area contributed by atoms with Crippen LogP contribution < -0.4 is 10.2 Å². The Kier molecular flexibility index (Phi) is 5.82. The highest BCUT2D eigenvalue weighted by molar-refractivity contribution is 5.93. The van der Waals surface area contributed by atoms with Gasteiger partial charge in [-0.15, -0.1) is 0 Å². The van der Waals surface area contributed by atoms with E-state index < -0.39 is 0 Å². The SMILES string of the molecule is CCC1(CC)C(NC(=O)c2cc(N3CCOCC3)ccn2)C(C)C1OC. The molecule has 3 unspecified atom stereocenters. The molecule has 144 valence electrons. The molecule has 1 aromatic heterocycles. The normalized spacial score (nSPS) is 27.7. The molecule has 0 bridgehead atoms. The average molecular weight is 361 g/mol. The summed E-state index contributed by atoms with van der Waals surface area (Å²) in [5.74, 6) is 0.198. The smallest absolute Gasteiger partial charge is 0.270 e. The zero-order valence-electron chi connectivity index (χ0n) is 16.3. The monoisotopic (exact) mass is 361 g/mol. The van der Waals surface area contributed by atoms with Gasteiger partial charge in [-0.2, -0.15) is 0 Å². The minimum absolute atomic E-state index is 0.00560. The number of methoxy groups -OCH3 is 1. The van der Waals surface area contributed by atoms with E-state index in [4.69, 9.17) is 9.47 Å². The van der Waals surface area contributed by atoms with Crippen molar-refractivity contribution in [3.05, 3.63) is 24.0 Å². The lowest BCUT2D eigenvalue weighted by molar-refractivity contribution is -0.164. The molecule has 1 aliphatic carbocycles. The molecule has 1 amide bonds. The van der Waals surface area contributed by atoms with Gasteiger partial charge in [-0.25, -0.2) is 0 Å². The van der Waals surface area contributed by atoms with Crippen LogP contribution in [-0.2, 0) is 9.47 Å². The van der Waals surface area contributed by atoms with Crippen molar-refractivity contribution in [1.82, 2.24) is 10.3 Å². The third-order valence-electron chi connectivity index (χ3n) is 6.40. The van der Waals surface area contributed by atoms with Crippen molar-refractivity contribution < 1.29 is 14.3 Å². The molecule has 2 aliphatic rings. The number of amides is 1. The molecule has 0 aromatic carbocycles. The van der Waals surface area contributed by atoms with Crippen molar-refractivity contribution in [1.29, 1.82) is 0 Å². The lowest BCUT2D eigenvalue weighted by Gasteiger charge is -2.59. The summed E-state index contributed by atoms with van der Waals surface area (Å²) in [5, 5.41) is 3.24. The second-order valence-corrected chi connectivity index (χ2v) is 7.41. The zero-order chi connectivity index (χ0) is 18.7. The van der Waals surface area contributed by atoms with E-state index in [1.54, 1.807) is 13.3 Å². The summed E-state index contributed by atoms with van der Waals surface area (Å²) in [6, 6.07) is 3.96. The minimum Gasteiger partial charge on any atom is -0.380 e. The number of pyridine rings is 1. The number of aromatic nitrogens is 1. The van der Waals surface area contributed by atoms with Crippen molar-refractivity contribution in [3.63, 3.8) is 0 Å². The van der Waals surface area contributed by atoms with Crippen LogP contribution in [0.4, 0.5) is 5.69 Å². The Hall–Kier alpha value is -1.66. The maximum absolute atomic E-state index is 12.9. The molecule has 0 spiro atoms. The Morgan fingerprint density at radius 2 is 2.08 bits per heavy atom. The Balaban J connectivity index is 1.73. The summed E-state index contributed by atoms with van der Waals surface area (Å²) in [6.07, 6.45) is 3.88. The largest absolute Gasteiger partial charge is 0.380 e. The maximum Gasteiger partial charge on any atom is 0.270 e. The minimum atomic E-state index is -0.0993.